The molecule has 0 heterocycles. The maximum Gasteiger partial charge on any atom is 0.408 e. The Balaban J connectivity index is 2.61. The number of hydrogen-bond acceptors (Lipinski definition) is 4. The van der Waals surface area contributed by atoms with Gasteiger partial charge in [-0.15, -0.1) is 0 Å². The van der Waals surface area contributed by atoms with Crippen LogP contribution >= 0.6 is 11.6 Å². The Morgan fingerprint density at radius 3 is 2.35 bits per heavy atom. The first-order chi connectivity index (χ1) is 12.2. The molecule has 0 fully saturated rings. The normalized spacial score (nSPS) is 14.3. The van der Waals surface area contributed by atoms with Gasteiger partial charge in [-0.1, -0.05) is 44.0 Å². The number of ether oxygens (including phenoxy) is 2. The highest BCUT2D eigenvalue weighted by atomic mass is 35.5. The summed E-state index contributed by atoms with van der Waals surface area (Å²) in [5.74, 6) is 0.258. The summed E-state index contributed by atoms with van der Waals surface area (Å²) < 4.78 is 10.7. The molecular weight excluding hydrogens is 356 g/mol. The SMILES string of the molecule is CCC(C)C(NC(=O)OC(C)C)C(=O)NC(C)COc1ccccc1Cl. The molecule has 3 unspecified atom stereocenters. The fourth-order valence-electron chi connectivity index (χ4n) is 2.23. The molecule has 0 aliphatic rings. The fraction of sp³-hybridized carbons (Fsp3) is 0.579. The summed E-state index contributed by atoms with van der Waals surface area (Å²) in [5, 5.41) is 6.03. The molecule has 0 spiro atoms. The number of para-hydroxylation sites is 1. The minimum Gasteiger partial charge on any atom is -0.490 e. The van der Waals surface area contributed by atoms with Gasteiger partial charge >= 0.3 is 6.09 Å². The van der Waals surface area contributed by atoms with Crippen molar-refractivity contribution >= 4 is 23.6 Å². The molecule has 1 rings (SSSR count). The molecule has 0 saturated carbocycles. The Kier molecular flexibility index (Phi) is 9.27. The molecule has 0 aliphatic heterocycles. The number of carbonyl (C=O) groups is 2. The number of benzene rings is 1. The Hall–Kier alpha value is -1.95. The number of halogens is 1. The van der Waals surface area contributed by atoms with Gasteiger partial charge in [-0.2, -0.15) is 0 Å². The van der Waals surface area contributed by atoms with Gasteiger partial charge in [0.1, 0.15) is 18.4 Å². The summed E-state index contributed by atoms with van der Waals surface area (Å²) in [6.07, 6.45) is -0.108. The molecule has 0 radical (unpaired) electrons. The maximum absolute atomic E-state index is 12.6. The van der Waals surface area contributed by atoms with Gasteiger partial charge in [0.2, 0.25) is 5.91 Å². The van der Waals surface area contributed by atoms with Crippen molar-refractivity contribution in [1.82, 2.24) is 10.6 Å². The lowest BCUT2D eigenvalue weighted by atomic mass is 9.98. The van der Waals surface area contributed by atoms with Crippen LogP contribution in [0.2, 0.25) is 5.02 Å². The van der Waals surface area contributed by atoms with E-state index in [1.165, 1.54) is 0 Å². The lowest BCUT2D eigenvalue weighted by molar-refractivity contribution is -0.125. The van der Waals surface area contributed by atoms with Crippen molar-refractivity contribution < 1.29 is 19.1 Å². The number of carbonyl (C=O) groups excluding carboxylic acids is 2. The van der Waals surface area contributed by atoms with Gasteiger partial charge in [-0.05, 0) is 38.8 Å². The van der Waals surface area contributed by atoms with E-state index in [4.69, 9.17) is 21.1 Å². The first kappa shape index (κ1) is 22.1. The summed E-state index contributed by atoms with van der Waals surface area (Å²) in [6.45, 7) is 9.47. The maximum atomic E-state index is 12.6. The van der Waals surface area contributed by atoms with Crippen LogP contribution in [0, 0.1) is 5.92 Å². The van der Waals surface area contributed by atoms with Crippen LogP contribution in [0.15, 0.2) is 24.3 Å². The third-order valence-corrected chi connectivity index (χ3v) is 4.14. The number of alkyl carbamates (subject to hydrolysis) is 1. The molecule has 0 saturated heterocycles. The van der Waals surface area contributed by atoms with Gasteiger partial charge in [-0.25, -0.2) is 4.79 Å². The Labute approximate surface area is 160 Å². The molecule has 1 aromatic rings. The van der Waals surface area contributed by atoms with Crippen LogP contribution in [0.4, 0.5) is 4.79 Å². The van der Waals surface area contributed by atoms with E-state index in [0.717, 1.165) is 6.42 Å². The number of amides is 2. The lowest BCUT2D eigenvalue weighted by Gasteiger charge is -2.25. The standard InChI is InChI=1S/C19H29ClN2O4/c1-6-13(4)17(22-19(24)26-12(2)3)18(23)21-14(5)11-25-16-10-8-7-9-15(16)20/h7-10,12-14,17H,6,11H2,1-5H3,(H,21,23)(H,22,24). The van der Waals surface area contributed by atoms with E-state index in [1.807, 2.05) is 32.9 Å². The monoisotopic (exact) mass is 384 g/mol. The minimum atomic E-state index is -0.672. The smallest absolute Gasteiger partial charge is 0.408 e. The van der Waals surface area contributed by atoms with Crippen molar-refractivity contribution in [3.63, 3.8) is 0 Å². The molecule has 6 nitrogen and oxygen atoms in total. The number of hydrogen-bond donors (Lipinski definition) is 2. The minimum absolute atomic E-state index is 0.0357. The predicted molar refractivity (Wildman–Crippen MR) is 103 cm³/mol. The van der Waals surface area contributed by atoms with E-state index in [1.54, 1.807) is 26.0 Å². The van der Waals surface area contributed by atoms with E-state index in [-0.39, 0.29) is 30.6 Å². The van der Waals surface area contributed by atoms with Crippen molar-refractivity contribution in [3.8, 4) is 5.75 Å². The second-order valence-electron chi connectivity index (χ2n) is 6.61. The molecule has 1 aromatic carbocycles. The van der Waals surface area contributed by atoms with Crippen LogP contribution in [0.25, 0.3) is 0 Å². The van der Waals surface area contributed by atoms with Gasteiger partial charge in [0, 0.05) is 0 Å². The second kappa shape index (κ2) is 10.9. The topological polar surface area (TPSA) is 76.7 Å². The second-order valence-corrected chi connectivity index (χ2v) is 7.02. The van der Waals surface area contributed by atoms with E-state index in [0.29, 0.717) is 10.8 Å². The molecule has 2 amide bonds. The third kappa shape index (κ3) is 7.52. The van der Waals surface area contributed by atoms with Crippen molar-refractivity contribution in [1.29, 1.82) is 0 Å². The summed E-state index contributed by atoms with van der Waals surface area (Å²) in [7, 11) is 0. The van der Waals surface area contributed by atoms with Crippen molar-refractivity contribution in [2.24, 2.45) is 5.92 Å². The zero-order valence-corrected chi connectivity index (χ0v) is 16.8. The highest BCUT2D eigenvalue weighted by Crippen LogP contribution is 2.23. The van der Waals surface area contributed by atoms with E-state index < -0.39 is 12.1 Å². The summed E-state index contributed by atoms with van der Waals surface area (Å²) >= 11 is 6.05. The van der Waals surface area contributed by atoms with Gasteiger partial charge in [0.15, 0.2) is 0 Å². The summed E-state index contributed by atoms with van der Waals surface area (Å²) in [6, 6.07) is 6.22. The van der Waals surface area contributed by atoms with Crippen LogP contribution in [0.5, 0.6) is 5.75 Å². The first-order valence-corrected chi connectivity index (χ1v) is 9.27. The molecule has 146 valence electrons. The van der Waals surface area contributed by atoms with Crippen LogP contribution in [-0.4, -0.2) is 36.8 Å². The predicted octanol–water partition coefficient (Wildman–Crippen LogP) is 3.77. The lowest BCUT2D eigenvalue weighted by Crippen LogP contribution is -2.53. The zero-order valence-electron chi connectivity index (χ0n) is 16.0. The highest BCUT2D eigenvalue weighted by molar-refractivity contribution is 6.32. The molecular formula is C19H29ClN2O4. The largest absolute Gasteiger partial charge is 0.490 e. The van der Waals surface area contributed by atoms with Crippen molar-refractivity contribution in [2.75, 3.05) is 6.61 Å². The van der Waals surface area contributed by atoms with Gasteiger partial charge < -0.3 is 20.1 Å². The Bertz CT molecular complexity index is 595. The summed E-state index contributed by atoms with van der Waals surface area (Å²) in [5.41, 5.74) is 0. The Morgan fingerprint density at radius 1 is 1.12 bits per heavy atom. The summed E-state index contributed by atoms with van der Waals surface area (Å²) in [4.78, 5) is 24.5. The molecule has 7 heteroatoms. The molecule has 26 heavy (non-hydrogen) atoms. The molecule has 0 aliphatic carbocycles. The van der Waals surface area contributed by atoms with Gasteiger partial charge in [0.25, 0.3) is 0 Å². The molecule has 3 atom stereocenters. The zero-order chi connectivity index (χ0) is 19.7. The molecule has 0 bridgehead atoms. The first-order valence-electron chi connectivity index (χ1n) is 8.89. The highest BCUT2D eigenvalue weighted by Gasteiger charge is 2.27. The molecule has 2 N–H and O–H groups in total. The van der Waals surface area contributed by atoms with Crippen molar-refractivity contribution in [2.45, 2.75) is 59.2 Å². The third-order valence-electron chi connectivity index (χ3n) is 3.83. The van der Waals surface area contributed by atoms with Crippen LogP contribution in [0.3, 0.4) is 0 Å². The number of nitrogens with one attached hydrogen (secondary N) is 2. The van der Waals surface area contributed by atoms with E-state index in [9.17, 15) is 9.59 Å². The van der Waals surface area contributed by atoms with Crippen LogP contribution in [0.1, 0.15) is 41.0 Å². The molecule has 0 aromatic heterocycles. The van der Waals surface area contributed by atoms with Crippen molar-refractivity contribution in [3.05, 3.63) is 29.3 Å². The average Bonchev–Trinajstić information content (AvgIpc) is 2.57. The van der Waals surface area contributed by atoms with Crippen LogP contribution in [-0.2, 0) is 9.53 Å². The van der Waals surface area contributed by atoms with Gasteiger partial charge in [-0.3, -0.25) is 4.79 Å². The van der Waals surface area contributed by atoms with E-state index in [2.05, 4.69) is 10.6 Å². The number of rotatable bonds is 9. The quantitative estimate of drug-likeness (QED) is 0.679. The Morgan fingerprint density at radius 2 is 1.77 bits per heavy atom. The van der Waals surface area contributed by atoms with Crippen LogP contribution < -0.4 is 15.4 Å². The van der Waals surface area contributed by atoms with E-state index >= 15 is 0 Å². The average molecular weight is 385 g/mol. The van der Waals surface area contributed by atoms with Gasteiger partial charge in [0.05, 0.1) is 17.2 Å². The fourth-order valence-corrected chi connectivity index (χ4v) is 2.42.